The van der Waals surface area contributed by atoms with Gasteiger partial charge in [-0.2, -0.15) is 0 Å². The molecule has 0 fully saturated rings. The van der Waals surface area contributed by atoms with Gasteiger partial charge in [-0.25, -0.2) is 0 Å². The number of hydrogen-bond donors (Lipinski definition) is 1. The lowest BCUT2D eigenvalue weighted by Crippen LogP contribution is -2.20. The van der Waals surface area contributed by atoms with Gasteiger partial charge in [0.2, 0.25) is 0 Å². The van der Waals surface area contributed by atoms with Gasteiger partial charge in [0.05, 0.1) is 17.4 Å². The third-order valence-corrected chi connectivity index (χ3v) is 7.23. The first-order valence-corrected chi connectivity index (χ1v) is 13.2. The molecule has 0 saturated carbocycles. The molecule has 39 heavy (non-hydrogen) atoms. The fourth-order valence-corrected chi connectivity index (χ4v) is 5.36. The van der Waals surface area contributed by atoms with E-state index in [2.05, 4.69) is 46.3 Å². The monoisotopic (exact) mass is 508 g/mol. The number of carbonyl (C=O) groups excluding carboxylic acids is 2. The molecular formula is C35H28N2O2. The van der Waals surface area contributed by atoms with Crippen LogP contribution in [0.2, 0.25) is 0 Å². The summed E-state index contributed by atoms with van der Waals surface area (Å²) in [7, 11) is 0. The van der Waals surface area contributed by atoms with Crippen molar-refractivity contribution in [3.05, 3.63) is 161 Å². The second-order valence-corrected chi connectivity index (χ2v) is 9.67. The smallest absolute Gasteiger partial charge is 0.193 e. The fraction of sp³-hybridized carbons (Fsp3) is 0.0857. The Balaban J connectivity index is 1.50. The normalized spacial score (nSPS) is 14.2. The minimum absolute atomic E-state index is 0.00179. The topological polar surface area (TPSA) is 51.1 Å². The molecule has 1 N–H and O–H groups in total. The molecule has 1 unspecified atom stereocenters. The Morgan fingerprint density at radius 3 is 1.79 bits per heavy atom. The summed E-state index contributed by atoms with van der Waals surface area (Å²) < 4.78 is 2.17. The zero-order chi connectivity index (χ0) is 26.6. The largest absolute Gasteiger partial charge is 0.379 e. The lowest BCUT2D eigenvalue weighted by Gasteiger charge is -2.20. The Hall–Kier alpha value is -4.96. The molecule has 1 atom stereocenters. The van der Waals surface area contributed by atoms with E-state index in [1.165, 1.54) is 0 Å². The third kappa shape index (κ3) is 4.85. The Morgan fingerprint density at radius 1 is 0.615 bits per heavy atom. The van der Waals surface area contributed by atoms with Crippen molar-refractivity contribution in [2.45, 2.75) is 19.0 Å². The van der Waals surface area contributed by atoms with Crippen LogP contribution in [-0.2, 0) is 6.54 Å². The number of allylic oxidation sites excluding steroid dienone is 1. The number of rotatable bonds is 9. The summed E-state index contributed by atoms with van der Waals surface area (Å²) in [4.78, 5) is 27.8. The molecule has 4 aromatic carbocycles. The number of benzene rings is 4. The molecule has 1 aromatic heterocycles. The number of ketones is 2. The van der Waals surface area contributed by atoms with Gasteiger partial charge < -0.3 is 9.88 Å². The average Bonchev–Trinajstić information content (AvgIpc) is 3.56. The molecule has 0 amide bonds. The maximum atomic E-state index is 14.2. The number of carbonyl (C=O) groups is 2. The number of fused-ring (bicyclic) bond motifs is 1. The number of nitrogens with zero attached hydrogens (tertiary/aromatic N) is 1. The molecule has 0 saturated heterocycles. The van der Waals surface area contributed by atoms with Gasteiger partial charge in [-0.3, -0.25) is 9.59 Å². The van der Waals surface area contributed by atoms with Crippen LogP contribution in [0.25, 0.3) is 17.0 Å². The van der Waals surface area contributed by atoms with E-state index in [1.54, 1.807) is 0 Å². The maximum Gasteiger partial charge on any atom is 0.193 e. The Labute approximate surface area is 228 Å². The van der Waals surface area contributed by atoms with Gasteiger partial charge in [0.15, 0.2) is 11.6 Å². The molecule has 0 radical (unpaired) electrons. The van der Waals surface area contributed by atoms with Gasteiger partial charge >= 0.3 is 0 Å². The second-order valence-electron chi connectivity index (χ2n) is 9.67. The lowest BCUT2D eigenvalue weighted by molar-refractivity contribution is 0.0963. The van der Waals surface area contributed by atoms with Crippen LogP contribution < -0.4 is 5.32 Å². The van der Waals surface area contributed by atoms with Crippen LogP contribution in [0.5, 0.6) is 0 Å². The first-order valence-electron chi connectivity index (χ1n) is 13.2. The number of nitrogens with one attached hydrogen (secondary N) is 1. The van der Waals surface area contributed by atoms with E-state index in [9.17, 15) is 9.59 Å². The summed E-state index contributed by atoms with van der Waals surface area (Å²) in [5.74, 6) is -0.0679. The van der Waals surface area contributed by atoms with Crippen LogP contribution in [0.4, 0.5) is 0 Å². The van der Waals surface area contributed by atoms with Gasteiger partial charge in [0, 0.05) is 35.4 Å². The van der Waals surface area contributed by atoms with Crippen LogP contribution >= 0.6 is 0 Å². The van der Waals surface area contributed by atoms with Gasteiger partial charge in [-0.1, -0.05) is 121 Å². The Kier molecular flexibility index (Phi) is 6.75. The number of hydrogen-bond acceptors (Lipinski definition) is 3. The first-order chi connectivity index (χ1) is 19.2. The van der Waals surface area contributed by atoms with Crippen molar-refractivity contribution in [1.29, 1.82) is 0 Å². The quantitative estimate of drug-likeness (QED) is 0.212. The van der Waals surface area contributed by atoms with Gasteiger partial charge in [0.25, 0.3) is 0 Å². The molecule has 190 valence electrons. The van der Waals surface area contributed by atoms with Crippen LogP contribution in [0.1, 0.15) is 44.4 Å². The molecule has 2 heterocycles. The van der Waals surface area contributed by atoms with Crippen molar-refractivity contribution in [1.82, 2.24) is 9.88 Å². The minimum Gasteiger partial charge on any atom is -0.379 e. The molecule has 5 aromatic rings. The summed E-state index contributed by atoms with van der Waals surface area (Å²) in [6.07, 6.45) is 0.177. The Morgan fingerprint density at radius 2 is 1.15 bits per heavy atom. The van der Waals surface area contributed by atoms with Crippen LogP contribution in [0, 0.1) is 0 Å². The van der Waals surface area contributed by atoms with Gasteiger partial charge in [0.1, 0.15) is 0 Å². The van der Waals surface area contributed by atoms with E-state index >= 15 is 0 Å². The molecule has 0 aliphatic carbocycles. The second kappa shape index (κ2) is 10.8. The molecule has 4 heteroatoms. The van der Waals surface area contributed by atoms with Gasteiger partial charge in [-0.05, 0) is 23.3 Å². The maximum absolute atomic E-state index is 14.2. The fourth-order valence-electron chi connectivity index (χ4n) is 5.36. The summed E-state index contributed by atoms with van der Waals surface area (Å²) in [5.41, 5.74) is 6.69. The van der Waals surface area contributed by atoms with Crippen molar-refractivity contribution in [3.8, 4) is 11.3 Å². The van der Waals surface area contributed by atoms with Crippen molar-refractivity contribution in [3.63, 3.8) is 0 Å². The van der Waals surface area contributed by atoms with Crippen molar-refractivity contribution < 1.29 is 9.59 Å². The summed E-state index contributed by atoms with van der Waals surface area (Å²) in [6.45, 7) is 0.562. The highest BCUT2D eigenvalue weighted by Crippen LogP contribution is 2.44. The van der Waals surface area contributed by atoms with Crippen LogP contribution in [-0.4, -0.2) is 16.1 Å². The van der Waals surface area contributed by atoms with E-state index in [1.807, 2.05) is 97.1 Å². The average molecular weight is 509 g/mol. The summed E-state index contributed by atoms with van der Waals surface area (Å²) in [6, 6.07) is 42.6. The lowest BCUT2D eigenvalue weighted by atomic mass is 9.91. The van der Waals surface area contributed by atoms with Crippen LogP contribution in [0.15, 0.2) is 139 Å². The van der Waals surface area contributed by atoms with Gasteiger partial charge in [-0.15, -0.1) is 0 Å². The van der Waals surface area contributed by atoms with E-state index in [4.69, 9.17) is 0 Å². The molecule has 1 aliphatic rings. The molecular weight excluding hydrogens is 480 g/mol. The summed E-state index contributed by atoms with van der Waals surface area (Å²) in [5, 5.41) is 3.59. The van der Waals surface area contributed by atoms with E-state index in [-0.39, 0.29) is 18.0 Å². The number of aromatic nitrogens is 1. The predicted molar refractivity (Wildman–Crippen MR) is 155 cm³/mol. The summed E-state index contributed by atoms with van der Waals surface area (Å²) >= 11 is 0. The predicted octanol–water partition coefficient (Wildman–Crippen LogP) is 7.37. The van der Waals surface area contributed by atoms with Crippen molar-refractivity contribution >= 4 is 17.3 Å². The highest BCUT2D eigenvalue weighted by molar-refractivity contribution is 6.15. The Bertz CT molecular complexity index is 1640. The number of Topliss-reactive ketones (excluding diaryl/α,β-unsaturated/α-hetero) is 2. The molecule has 6 rings (SSSR count). The highest BCUT2D eigenvalue weighted by Gasteiger charge is 2.38. The van der Waals surface area contributed by atoms with Crippen molar-refractivity contribution in [2.75, 3.05) is 0 Å². The minimum atomic E-state index is -0.455. The third-order valence-electron chi connectivity index (χ3n) is 7.23. The van der Waals surface area contributed by atoms with Crippen molar-refractivity contribution in [2.24, 2.45) is 0 Å². The molecule has 4 nitrogen and oxygen atoms in total. The SMILES string of the molecule is O=C(CC1C(C(=O)c2ccccc2)=C(NCc2ccccc2)c2ccc(-c3ccccc3)n21)c1ccccc1. The van der Waals surface area contributed by atoms with E-state index < -0.39 is 6.04 Å². The first kappa shape index (κ1) is 24.4. The zero-order valence-corrected chi connectivity index (χ0v) is 21.5. The molecule has 0 bridgehead atoms. The van der Waals surface area contributed by atoms with E-state index in [0.29, 0.717) is 23.2 Å². The van der Waals surface area contributed by atoms with E-state index in [0.717, 1.165) is 28.2 Å². The molecule has 0 spiro atoms. The zero-order valence-electron chi connectivity index (χ0n) is 21.5. The highest BCUT2D eigenvalue weighted by atomic mass is 16.1. The van der Waals surface area contributed by atoms with Crippen LogP contribution in [0.3, 0.4) is 0 Å². The molecule has 1 aliphatic heterocycles. The standard InChI is InChI=1S/C35H28N2O2/c38-32(27-17-9-3-10-18-27)23-31-33(35(39)28-19-11-4-12-20-28)34(36-24-25-13-5-1-6-14-25)30-22-21-29(37(30)31)26-15-7-2-8-16-26/h1-22,31,36H,23-24H2.